The summed E-state index contributed by atoms with van der Waals surface area (Å²) in [4.78, 5) is 0. The van der Waals surface area contributed by atoms with E-state index in [1.807, 2.05) is 0 Å². The molecule has 0 saturated carbocycles. The van der Waals surface area contributed by atoms with Crippen molar-refractivity contribution in [2.75, 3.05) is 37.6 Å². The van der Waals surface area contributed by atoms with Crippen LogP contribution in [0.15, 0.2) is 24.3 Å². The van der Waals surface area contributed by atoms with Gasteiger partial charge in [0.1, 0.15) is 18.2 Å². The van der Waals surface area contributed by atoms with Crippen molar-refractivity contribution in [1.29, 1.82) is 5.41 Å². The van der Waals surface area contributed by atoms with Gasteiger partial charge < -0.3 is 15.2 Å². The minimum absolute atomic E-state index is 0.00114. The van der Waals surface area contributed by atoms with Gasteiger partial charge in [0.2, 0.25) is 0 Å². The summed E-state index contributed by atoms with van der Waals surface area (Å²) in [6.07, 6.45) is 0. The highest BCUT2D eigenvalue weighted by Gasteiger charge is 2.23. The monoisotopic (exact) mass is 314 g/mol. The molecule has 21 heavy (non-hydrogen) atoms. The molecule has 1 fully saturated rings. The first-order chi connectivity index (χ1) is 9.97. The van der Waals surface area contributed by atoms with Crippen LogP contribution < -0.4 is 15.2 Å². The van der Waals surface area contributed by atoms with E-state index < -0.39 is 10.2 Å². The fourth-order valence-corrected chi connectivity index (χ4v) is 2.97. The van der Waals surface area contributed by atoms with Gasteiger partial charge in [-0.05, 0) is 24.3 Å². The third-order valence-electron chi connectivity index (χ3n) is 2.81. The quantitative estimate of drug-likeness (QED) is 0.504. The fourth-order valence-electron chi connectivity index (χ4n) is 1.78. The SMILES string of the molecule is N=C(N)COc1ccc(NS(=O)(=O)N2CCOCC2)cc1. The Bertz CT molecular complexity index is 582. The first kappa shape index (κ1) is 15.5. The lowest BCUT2D eigenvalue weighted by Crippen LogP contribution is -2.43. The lowest BCUT2D eigenvalue weighted by atomic mass is 10.3. The largest absolute Gasteiger partial charge is 0.486 e. The molecular formula is C12H18N4O4S. The second-order valence-electron chi connectivity index (χ2n) is 4.46. The molecule has 0 unspecified atom stereocenters. The molecule has 1 aliphatic rings. The van der Waals surface area contributed by atoms with Crippen LogP contribution in [0.2, 0.25) is 0 Å². The zero-order valence-corrected chi connectivity index (χ0v) is 12.2. The summed E-state index contributed by atoms with van der Waals surface area (Å²) in [5.74, 6) is 0.437. The van der Waals surface area contributed by atoms with Gasteiger partial charge in [-0.3, -0.25) is 10.1 Å². The van der Waals surface area contributed by atoms with Gasteiger partial charge in [-0.15, -0.1) is 0 Å². The Morgan fingerprint density at radius 1 is 1.33 bits per heavy atom. The first-order valence-corrected chi connectivity index (χ1v) is 7.83. The topological polar surface area (TPSA) is 118 Å². The third-order valence-corrected chi connectivity index (χ3v) is 4.34. The molecule has 2 rings (SSSR count). The van der Waals surface area contributed by atoms with Gasteiger partial charge in [0.15, 0.2) is 0 Å². The molecule has 0 bridgehead atoms. The Kier molecular flexibility index (Phi) is 4.99. The first-order valence-electron chi connectivity index (χ1n) is 6.39. The van der Waals surface area contributed by atoms with Crippen LogP contribution in [0.5, 0.6) is 5.75 Å². The summed E-state index contributed by atoms with van der Waals surface area (Å²) < 4.78 is 38.5. The highest BCUT2D eigenvalue weighted by molar-refractivity contribution is 7.90. The molecule has 1 aromatic rings. The van der Waals surface area contributed by atoms with E-state index in [2.05, 4.69) is 4.72 Å². The molecule has 116 valence electrons. The Labute approximate surface area is 123 Å². The average Bonchev–Trinajstić information content (AvgIpc) is 2.47. The highest BCUT2D eigenvalue weighted by atomic mass is 32.2. The molecule has 4 N–H and O–H groups in total. The molecule has 0 spiro atoms. The van der Waals surface area contributed by atoms with Crippen molar-refractivity contribution in [1.82, 2.24) is 4.31 Å². The lowest BCUT2D eigenvalue weighted by molar-refractivity contribution is 0.0733. The van der Waals surface area contributed by atoms with Gasteiger partial charge in [-0.25, -0.2) is 0 Å². The highest BCUT2D eigenvalue weighted by Crippen LogP contribution is 2.18. The molecule has 0 atom stereocenters. The van der Waals surface area contributed by atoms with Crippen molar-refractivity contribution in [3.8, 4) is 5.75 Å². The van der Waals surface area contributed by atoms with Crippen molar-refractivity contribution in [3.63, 3.8) is 0 Å². The average molecular weight is 314 g/mol. The van der Waals surface area contributed by atoms with Crippen LogP contribution >= 0.6 is 0 Å². The van der Waals surface area contributed by atoms with Crippen molar-refractivity contribution in [2.24, 2.45) is 5.73 Å². The maximum atomic E-state index is 12.1. The van der Waals surface area contributed by atoms with E-state index in [4.69, 9.17) is 20.6 Å². The van der Waals surface area contributed by atoms with Gasteiger partial charge in [0, 0.05) is 13.1 Å². The number of ether oxygens (including phenoxy) is 2. The number of benzene rings is 1. The zero-order chi connectivity index (χ0) is 15.3. The number of hydrogen-bond acceptors (Lipinski definition) is 5. The molecule has 8 nitrogen and oxygen atoms in total. The van der Waals surface area contributed by atoms with Crippen molar-refractivity contribution in [2.45, 2.75) is 0 Å². The number of nitrogens with one attached hydrogen (secondary N) is 2. The van der Waals surface area contributed by atoms with Crippen LogP contribution in [-0.4, -0.2) is 51.5 Å². The maximum Gasteiger partial charge on any atom is 0.301 e. The minimum Gasteiger partial charge on any atom is -0.486 e. The molecular weight excluding hydrogens is 296 g/mol. The number of morpholine rings is 1. The smallest absolute Gasteiger partial charge is 0.301 e. The van der Waals surface area contributed by atoms with Gasteiger partial charge in [0.05, 0.1) is 18.9 Å². The summed E-state index contributed by atoms with van der Waals surface area (Å²) in [6, 6.07) is 6.40. The molecule has 9 heteroatoms. The number of anilines is 1. The summed E-state index contributed by atoms with van der Waals surface area (Å²) in [7, 11) is -3.57. The van der Waals surface area contributed by atoms with Crippen LogP contribution in [-0.2, 0) is 14.9 Å². The van der Waals surface area contributed by atoms with Crippen molar-refractivity contribution >= 4 is 21.7 Å². The van der Waals surface area contributed by atoms with E-state index in [0.717, 1.165) is 0 Å². The standard InChI is InChI=1S/C12H18N4O4S/c13-12(14)9-20-11-3-1-10(2-4-11)15-21(17,18)16-5-7-19-8-6-16/h1-4,15H,5-9H2,(H3,13,14). The van der Waals surface area contributed by atoms with Crippen LogP contribution in [0, 0.1) is 5.41 Å². The molecule has 0 aromatic heterocycles. The fraction of sp³-hybridized carbons (Fsp3) is 0.417. The van der Waals surface area contributed by atoms with Gasteiger partial charge in [-0.2, -0.15) is 12.7 Å². The van der Waals surface area contributed by atoms with E-state index >= 15 is 0 Å². The van der Waals surface area contributed by atoms with E-state index in [1.165, 1.54) is 4.31 Å². The predicted molar refractivity (Wildman–Crippen MR) is 78.8 cm³/mol. The normalized spacial score (nSPS) is 16.4. The van der Waals surface area contributed by atoms with E-state index in [1.54, 1.807) is 24.3 Å². The molecule has 1 saturated heterocycles. The maximum absolute atomic E-state index is 12.1. The molecule has 0 aliphatic carbocycles. The summed E-state index contributed by atoms with van der Waals surface area (Å²) >= 11 is 0. The molecule has 1 heterocycles. The Morgan fingerprint density at radius 2 is 1.95 bits per heavy atom. The number of hydrogen-bond donors (Lipinski definition) is 3. The van der Waals surface area contributed by atoms with Crippen LogP contribution in [0.1, 0.15) is 0 Å². The van der Waals surface area contributed by atoms with Crippen molar-refractivity contribution < 1.29 is 17.9 Å². The van der Waals surface area contributed by atoms with Gasteiger partial charge in [0.25, 0.3) is 0 Å². The Hall–Kier alpha value is -1.84. The number of nitrogens with two attached hydrogens (primary N) is 1. The van der Waals surface area contributed by atoms with Gasteiger partial charge in [-0.1, -0.05) is 0 Å². The molecule has 0 radical (unpaired) electrons. The summed E-state index contributed by atoms with van der Waals surface area (Å²) in [6.45, 7) is 1.49. The summed E-state index contributed by atoms with van der Waals surface area (Å²) in [5, 5.41) is 7.06. The molecule has 1 aliphatic heterocycles. The Morgan fingerprint density at radius 3 is 2.52 bits per heavy atom. The van der Waals surface area contributed by atoms with Crippen LogP contribution in [0.4, 0.5) is 5.69 Å². The minimum atomic E-state index is -3.57. The van der Waals surface area contributed by atoms with Crippen LogP contribution in [0.25, 0.3) is 0 Å². The van der Waals surface area contributed by atoms with Gasteiger partial charge >= 0.3 is 10.2 Å². The molecule has 1 aromatic carbocycles. The second kappa shape index (κ2) is 6.74. The number of rotatable bonds is 6. The van der Waals surface area contributed by atoms with Crippen LogP contribution in [0.3, 0.4) is 0 Å². The second-order valence-corrected chi connectivity index (χ2v) is 6.13. The van der Waals surface area contributed by atoms with Crippen molar-refractivity contribution in [3.05, 3.63) is 24.3 Å². The summed E-state index contributed by atoms with van der Waals surface area (Å²) in [5.41, 5.74) is 5.63. The zero-order valence-electron chi connectivity index (χ0n) is 11.4. The predicted octanol–water partition coefficient (Wildman–Crippen LogP) is -0.00973. The lowest BCUT2D eigenvalue weighted by Gasteiger charge is -2.26. The third kappa shape index (κ3) is 4.59. The Balaban J connectivity index is 1.97. The van der Waals surface area contributed by atoms with E-state index in [0.29, 0.717) is 37.7 Å². The van der Waals surface area contributed by atoms with E-state index in [-0.39, 0.29) is 12.4 Å². The van der Waals surface area contributed by atoms with E-state index in [9.17, 15) is 8.42 Å². The number of nitrogens with zero attached hydrogens (tertiary/aromatic N) is 1. The number of amidine groups is 1. The molecule has 0 amide bonds.